The van der Waals surface area contributed by atoms with Crippen LogP contribution in [0.4, 0.5) is 4.39 Å². The summed E-state index contributed by atoms with van der Waals surface area (Å²) in [6.45, 7) is 0.268. The zero-order valence-electron chi connectivity index (χ0n) is 9.83. The van der Waals surface area contributed by atoms with Crippen molar-refractivity contribution in [1.82, 2.24) is 0 Å². The van der Waals surface area contributed by atoms with Crippen molar-refractivity contribution in [1.29, 1.82) is 0 Å². The summed E-state index contributed by atoms with van der Waals surface area (Å²) in [5.74, 6) is 0.761. The number of rotatable bonds is 3. The average Bonchev–Trinajstić information content (AvgIpc) is 2.31. The van der Waals surface area contributed by atoms with Crippen molar-refractivity contribution >= 4 is 11.6 Å². The second-order valence-electron chi connectivity index (χ2n) is 4.90. The molecule has 0 heterocycles. The van der Waals surface area contributed by atoms with Crippen LogP contribution in [0.25, 0.3) is 0 Å². The lowest BCUT2D eigenvalue weighted by atomic mass is 9.77. The lowest BCUT2D eigenvalue weighted by Crippen LogP contribution is -2.15. The van der Waals surface area contributed by atoms with Crippen LogP contribution in [0, 0.1) is 11.7 Å². The molecule has 0 amide bonds. The molecule has 0 spiro atoms. The Hall–Kier alpha value is -0.600. The molecule has 3 heteroatoms. The van der Waals surface area contributed by atoms with Crippen molar-refractivity contribution in [3.05, 3.63) is 34.6 Å². The maximum Gasteiger partial charge on any atom is 0.128 e. The van der Waals surface area contributed by atoms with Crippen molar-refractivity contribution in [2.24, 2.45) is 5.92 Å². The van der Waals surface area contributed by atoms with E-state index in [1.807, 2.05) is 6.07 Å². The molecule has 0 saturated heterocycles. The first-order valence-corrected chi connectivity index (χ1v) is 6.64. The van der Waals surface area contributed by atoms with Crippen LogP contribution in [0.5, 0.6) is 0 Å². The summed E-state index contributed by atoms with van der Waals surface area (Å²) in [4.78, 5) is 0. The molecular formula is C14H18ClFO. The Bertz CT molecular complexity index is 372. The molecule has 1 aliphatic carbocycles. The Morgan fingerprint density at radius 3 is 2.53 bits per heavy atom. The monoisotopic (exact) mass is 256 g/mol. The van der Waals surface area contributed by atoms with Crippen LogP contribution in [-0.2, 0) is 0 Å². The minimum Gasteiger partial charge on any atom is -0.396 e. The first-order chi connectivity index (χ1) is 8.20. The Balaban J connectivity index is 2.00. The Morgan fingerprint density at radius 1 is 1.24 bits per heavy atom. The smallest absolute Gasteiger partial charge is 0.128 e. The molecule has 17 heavy (non-hydrogen) atoms. The number of hydrogen-bond acceptors (Lipinski definition) is 1. The van der Waals surface area contributed by atoms with Gasteiger partial charge in [-0.2, -0.15) is 0 Å². The normalized spacial score (nSPS) is 24.9. The lowest BCUT2D eigenvalue weighted by molar-refractivity contribution is 0.221. The minimum absolute atomic E-state index is 0.178. The second-order valence-corrected chi connectivity index (χ2v) is 5.33. The van der Waals surface area contributed by atoms with E-state index in [1.165, 1.54) is 6.07 Å². The second kappa shape index (κ2) is 5.83. The van der Waals surface area contributed by atoms with Gasteiger partial charge in [-0.15, -0.1) is 0 Å². The molecule has 0 aromatic heterocycles. The largest absolute Gasteiger partial charge is 0.396 e. The maximum atomic E-state index is 13.8. The molecular weight excluding hydrogens is 239 g/mol. The zero-order valence-corrected chi connectivity index (χ0v) is 10.6. The predicted molar refractivity (Wildman–Crippen MR) is 67.8 cm³/mol. The fourth-order valence-electron chi connectivity index (χ4n) is 2.78. The lowest BCUT2D eigenvalue weighted by Gasteiger charge is -2.28. The first kappa shape index (κ1) is 12.8. The highest BCUT2D eigenvalue weighted by Gasteiger charge is 2.23. The third-order valence-corrected chi connectivity index (χ3v) is 4.02. The molecule has 94 valence electrons. The number of hydrogen-bond donors (Lipinski definition) is 1. The van der Waals surface area contributed by atoms with E-state index < -0.39 is 0 Å². The van der Waals surface area contributed by atoms with Gasteiger partial charge < -0.3 is 5.11 Å². The maximum absolute atomic E-state index is 13.8. The molecule has 1 aromatic carbocycles. The molecule has 0 bridgehead atoms. The van der Waals surface area contributed by atoms with Crippen LogP contribution in [0.1, 0.15) is 43.6 Å². The van der Waals surface area contributed by atoms with Crippen molar-refractivity contribution in [2.45, 2.75) is 38.0 Å². The van der Waals surface area contributed by atoms with Gasteiger partial charge in [-0.25, -0.2) is 4.39 Å². The van der Waals surface area contributed by atoms with Gasteiger partial charge in [0.05, 0.1) is 0 Å². The molecule has 1 N–H and O–H groups in total. The van der Waals surface area contributed by atoms with Crippen molar-refractivity contribution in [2.75, 3.05) is 6.61 Å². The highest BCUT2D eigenvalue weighted by atomic mass is 35.5. The summed E-state index contributed by atoms with van der Waals surface area (Å²) in [7, 11) is 0. The van der Waals surface area contributed by atoms with Crippen molar-refractivity contribution in [3.63, 3.8) is 0 Å². The van der Waals surface area contributed by atoms with Gasteiger partial charge in [0.1, 0.15) is 5.82 Å². The topological polar surface area (TPSA) is 20.2 Å². The predicted octanol–water partition coefficient (Wildman–Crippen LogP) is 4.14. The van der Waals surface area contributed by atoms with Gasteiger partial charge >= 0.3 is 0 Å². The summed E-state index contributed by atoms with van der Waals surface area (Å²) < 4.78 is 13.8. The Kier molecular flexibility index (Phi) is 4.41. The number of halogens is 2. The van der Waals surface area contributed by atoms with Crippen LogP contribution in [0.2, 0.25) is 5.02 Å². The van der Waals surface area contributed by atoms with E-state index >= 15 is 0 Å². The molecule has 1 nitrogen and oxygen atoms in total. The Morgan fingerprint density at radius 2 is 1.94 bits per heavy atom. The molecule has 0 radical (unpaired) electrons. The van der Waals surface area contributed by atoms with Crippen molar-refractivity contribution < 1.29 is 9.50 Å². The van der Waals surface area contributed by atoms with Gasteiger partial charge in [-0.3, -0.25) is 0 Å². The van der Waals surface area contributed by atoms with Gasteiger partial charge in [-0.1, -0.05) is 17.7 Å². The van der Waals surface area contributed by atoms with Crippen LogP contribution in [0.15, 0.2) is 18.2 Å². The van der Waals surface area contributed by atoms with E-state index in [4.69, 9.17) is 16.7 Å². The number of aliphatic hydroxyl groups is 1. The van der Waals surface area contributed by atoms with Gasteiger partial charge in [-0.05, 0) is 61.6 Å². The van der Waals surface area contributed by atoms with Gasteiger partial charge in [0.15, 0.2) is 0 Å². The molecule has 0 atom stereocenters. The highest BCUT2D eigenvalue weighted by Crippen LogP contribution is 2.38. The molecule has 1 saturated carbocycles. The van der Waals surface area contributed by atoms with Crippen molar-refractivity contribution in [3.8, 4) is 0 Å². The average molecular weight is 257 g/mol. The summed E-state index contributed by atoms with van der Waals surface area (Å²) in [6.07, 6.45) is 5.10. The number of benzene rings is 1. The Labute approximate surface area is 107 Å². The summed E-state index contributed by atoms with van der Waals surface area (Å²) in [6, 6.07) is 4.98. The SMILES string of the molecule is OCCC1CCC(c2ccc(Cl)cc2F)CC1. The first-order valence-electron chi connectivity index (χ1n) is 6.26. The van der Waals surface area contributed by atoms with E-state index in [9.17, 15) is 4.39 Å². The van der Waals surface area contributed by atoms with E-state index in [-0.39, 0.29) is 12.4 Å². The van der Waals surface area contributed by atoms with E-state index in [0.717, 1.165) is 37.7 Å². The quantitative estimate of drug-likeness (QED) is 0.862. The molecule has 1 fully saturated rings. The molecule has 1 aromatic rings. The molecule has 1 aliphatic rings. The summed E-state index contributed by atoms with van der Waals surface area (Å²) in [5.41, 5.74) is 0.803. The van der Waals surface area contributed by atoms with Crippen LogP contribution in [-0.4, -0.2) is 11.7 Å². The third-order valence-electron chi connectivity index (χ3n) is 3.79. The van der Waals surface area contributed by atoms with Gasteiger partial charge in [0, 0.05) is 11.6 Å². The minimum atomic E-state index is -0.178. The molecule has 0 unspecified atom stereocenters. The fourth-order valence-corrected chi connectivity index (χ4v) is 2.94. The zero-order chi connectivity index (χ0) is 12.3. The van der Waals surface area contributed by atoms with Crippen LogP contribution < -0.4 is 0 Å². The fraction of sp³-hybridized carbons (Fsp3) is 0.571. The van der Waals surface area contributed by atoms with E-state index in [2.05, 4.69) is 0 Å². The van der Waals surface area contributed by atoms with E-state index in [1.54, 1.807) is 6.07 Å². The highest BCUT2D eigenvalue weighted by molar-refractivity contribution is 6.30. The summed E-state index contributed by atoms with van der Waals surface area (Å²) >= 11 is 5.75. The van der Waals surface area contributed by atoms with Gasteiger partial charge in [0.2, 0.25) is 0 Å². The molecule has 2 rings (SSSR count). The van der Waals surface area contributed by atoms with Crippen LogP contribution in [0.3, 0.4) is 0 Å². The van der Waals surface area contributed by atoms with Crippen LogP contribution >= 0.6 is 11.6 Å². The van der Waals surface area contributed by atoms with Gasteiger partial charge in [0.25, 0.3) is 0 Å². The van der Waals surface area contributed by atoms with E-state index in [0.29, 0.717) is 16.9 Å². The summed E-state index contributed by atoms with van der Waals surface area (Å²) in [5, 5.41) is 9.36. The number of aliphatic hydroxyl groups excluding tert-OH is 1. The third kappa shape index (κ3) is 3.20. The molecule has 0 aliphatic heterocycles. The standard InChI is InChI=1S/C14H18ClFO/c15-12-5-6-13(14(16)9-12)11-3-1-10(2-4-11)7-8-17/h5-6,9-11,17H,1-4,7-8H2.